The number of aldehydes is 1. The monoisotopic (exact) mass is 240 g/mol. The van der Waals surface area contributed by atoms with E-state index in [4.69, 9.17) is 0 Å². The fraction of sp³-hybridized carbons (Fsp3) is 0.364. The molecule has 0 aliphatic rings. The van der Waals surface area contributed by atoms with E-state index >= 15 is 0 Å². The smallest absolute Gasteiger partial charge is 0.270 e. The first-order valence-electron chi connectivity index (χ1n) is 5.29. The SMILES string of the molecule is CC[NH2+]CC.O=Cc1cc([N+](=O)[O-])ccc1[O-]. The van der Waals surface area contributed by atoms with Crippen molar-refractivity contribution in [1.82, 2.24) is 0 Å². The van der Waals surface area contributed by atoms with E-state index in [9.17, 15) is 20.0 Å². The van der Waals surface area contributed by atoms with E-state index in [2.05, 4.69) is 19.2 Å². The number of nitrogens with two attached hydrogens (primary N) is 1. The molecule has 0 radical (unpaired) electrons. The molecule has 0 fully saturated rings. The topological polar surface area (TPSA) is 99.9 Å². The van der Waals surface area contributed by atoms with E-state index in [0.29, 0.717) is 6.29 Å². The van der Waals surface area contributed by atoms with Gasteiger partial charge in [-0.2, -0.15) is 0 Å². The highest BCUT2D eigenvalue weighted by Gasteiger charge is 2.05. The maximum atomic E-state index is 10.8. The summed E-state index contributed by atoms with van der Waals surface area (Å²) in [6.45, 7) is 6.75. The summed E-state index contributed by atoms with van der Waals surface area (Å²) in [5.74, 6) is -0.504. The van der Waals surface area contributed by atoms with Gasteiger partial charge in [0.05, 0.1) is 18.0 Å². The maximum Gasteiger partial charge on any atom is 0.270 e. The zero-order valence-corrected chi connectivity index (χ0v) is 9.88. The second-order valence-electron chi connectivity index (χ2n) is 3.20. The standard InChI is InChI=1S/C7H5NO4.C4H11N/c9-4-5-3-6(8(11)12)1-2-7(5)10;1-3-5-4-2/h1-4,10H;5H,3-4H2,1-2H3. The molecule has 0 amide bonds. The lowest BCUT2D eigenvalue weighted by molar-refractivity contribution is -0.648. The van der Waals surface area contributed by atoms with E-state index in [-0.39, 0.29) is 11.3 Å². The molecule has 6 nitrogen and oxygen atoms in total. The summed E-state index contributed by atoms with van der Waals surface area (Å²) in [6.07, 6.45) is 0.301. The van der Waals surface area contributed by atoms with Crippen LogP contribution in [0.4, 0.5) is 5.69 Å². The number of hydrogen-bond donors (Lipinski definition) is 1. The third-order valence-corrected chi connectivity index (χ3v) is 1.91. The highest BCUT2D eigenvalue weighted by Crippen LogP contribution is 2.18. The minimum absolute atomic E-state index is 0.191. The molecule has 94 valence electrons. The lowest BCUT2D eigenvalue weighted by Crippen LogP contribution is -2.82. The van der Waals surface area contributed by atoms with Gasteiger partial charge in [-0.3, -0.25) is 14.9 Å². The van der Waals surface area contributed by atoms with E-state index in [0.717, 1.165) is 18.2 Å². The van der Waals surface area contributed by atoms with Crippen molar-refractivity contribution in [3.63, 3.8) is 0 Å². The lowest BCUT2D eigenvalue weighted by atomic mass is 10.2. The molecule has 0 aliphatic heterocycles. The highest BCUT2D eigenvalue weighted by molar-refractivity contribution is 5.80. The molecule has 1 aromatic rings. The molecule has 0 heterocycles. The number of rotatable bonds is 4. The van der Waals surface area contributed by atoms with Crippen LogP contribution in [0.25, 0.3) is 0 Å². The van der Waals surface area contributed by atoms with Crippen molar-refractivity contribution < 1.29 is 20.1 Å². The fourth-order valence-corrected chi connectivity index (χ4v) is 1.03. The van der Waals surface area contributed by atoms with Crippen molar-refractivity contribution in [2.75, 3.05) is 13.1 Å². The normalized spacial score (nSPS) is 9.06. The average molecular weight is 240 g/mol. The predicted octanol–water partition coefficient (Wildman–Crippen LogP) is 0.0705. The van der Waals surface area contributed by atoms with Crippen LogP contribution in [0.15, 0.2) is 18.2 Å². The van der Waals surface area contributed by atoms with Crippen LogP contribution in [0.3, 0.4) is 0 Å². The van der Waals surface area contributed by atoms with E-state index in [1.54, 1.807) is 0 Å². The van der Waals surface area contributed by atoms with Gasteiger partial charge in [0.2, 0.25) is 0 Å². The molecule has 0 aromatic heterocycles. The molecule has 0 unspecified atom stereocenters. The molecular weight excluding hydrogens is 224 g/mol. The molecule has 2 N–H and O–H groups in total. The molecule has 0 saturated heterocycles. The second kappa shape index (κ2) is 8.23. The summed E-state index contributed by atoms with van der Waals surface area (Å²) in [5.41, 5.74) is -0.444. The van der Waals surface area contributed by atoms with Crippen molar-refractivity contribution >= 4 is 12.0 Å². The zero-order valence-electron chi connectivity index (χ0n) is 9.88. The van der Waals surface area contributed by atoms with Gasteiger partial charge in [-0.05, 0) is 13.8 Å². The number of carbonyl (C=O) groups excluding carboxylic acids is 1. The summed E-state index contributed by atoms with van der Waals surface area (Å²) in [7, 11) is 0. The van der Waals surface area contributed by atoms with Gasteiger partial charge in [-0.25, -0.2) is 0 Å². The summed E-state index contributed by atoms with van der Waals surface area (Å²) in [4.78, 5) is 19.7. The molecule has 0 saturated carbocycles. The van der Waals surface area contributed by atoms with Crippen LogP contribution in [0.2, 0.25) is 0 Å². The largest absolute Gasteiger partial charge is 0.872 e. The van der Waals surface area contributed by atoms with Crippen LogP contribution in [0.5, 0.6) is 5.75 Å². The number of nitro benzene ring substituents is 1. The Morgan fingerprint density at radius 3 is 2.29 bits per heavy atom. The van der Waals surface area contributed by atoms with Crippen molar-refractivity contribution in [2.24, 2.45) is 0 Å². The van der Waals surface area contributed by atoms with Gasteiger partial charge in [0, 0.05) is 17.7 Å². The van der Waals surface area contributed by atoms with Gasteiger partial charge in [0.25, 0.3) is 5.69 Å². The van der Waals surface area contributed by atoms with E-state index < -0.39 is 10.7 Å². The molecule has 0 atom stereocenters. The van der Waals surface area contributed by atoms with Crippen LogP contribution in [-0.2, 0) is 0 Å². The minimum Gasteiger partial charge on any atom is -0.872 e. The molecule has 0 spiro atoms. The van der Waals surface area contributed by atoms with Crippen molar-refractivity contribution in [1.29, 1.82) is 0 Å². The van der Waals surface area contributed by atoms with Crippen LogP contribution < -0.4 is 10.4 Å². The summed E-state index contributed by atoms with van der Waals surface area (Å²) < 4.78 is 0. The Hall–Kier alpha value is -1.95. The number of nitrogens with zero attached hydrogens (tertiary/aromatic N) is 1. The van der Waals surface area contributed by atoms with E-state index in [1.165, 1.54) is 13.1 Å². The molecule has 6 heteroatoms. The molecule has 0 bridgehead atoms. The van der Waals surface area contributed by atoms with Crippen LogP contribution in [-0.4, -0.2) is 24.3 Å². The van der Waals surface area contributed by atoms with Gasteiger partial charge in [0.1, 0.15) is 6.29 Å². The number of quaternary nitrogens is 1. The van der Waals surface area contributed by atoms with Crippen LogP contribution in [0.1, 0.15) is 24.2 Å². The third-order valence-electron chi connectivity index (χ3n) is 1.91. The Morgan fingerprint density at radius 1 is 1.35 bits per heavy atom. The Bertz CT molecular complexity index is 378. The van der Waals surface area contributed by atoms with Crippen LogP contribution in [0, 0.1) is 10.1 Å². The zero-order chi connectivity index (χ0) is 13.3. The van der Waals surface area contributed by atoms with Crippen LogP contribution >= 0.6 is 0 Å². The maximum absolute atomic E-state index is 10.8. The first-order chi connectivity index (χ1) is 8.06. The van der Waals surface area contributed by atoms with Gasteiger partial charge < -0.3 is 10.4 Å². The van der Waals surface area contributed by atoms with Gasteiger partial charge in [-0.15, -0.1) is 0 Å². The Morgan fingerprint density at radius 2 is 1.94 bits per heavy atom. The Kier molecular flexibility index (Phi) is 7.29. The Labute approximate surface area is 99.4 Å². The molecule has 0 aliphatic carbocycles. The van der Waals surface area contributed by atoms with Crippen molar-refractivity contribution in [3.8, 4) is 5.75 Å². The fourth-order valence-electron chi connectivity index (χ4n) is 1.03. The van der Waals surface area contributed by atoms with Gasteiger partial charge >= 0.3 is 0 Å². The average Bonchev–Trinajstić information content (AvgIpc) is 2.31. The second-order valence-corrected chi connectivity index (χ2v) is 3.20. The molecule has 1 aromatic carbocycles. The predicted molar refractivity (Wildman–Crippen MR) is 60.9 cm³/mol. The van der Waals surface area contributed by atoms with Crippen molar-refractivity contribution in [2.45, 2.75) is 13.8 Å². The third kappa shape index (κ3) is 5.62. The minimum atomic E-state index is -0.660. The first kappa shape index (κ1) is 15.0. The number of hydrogen-bond acceptors (Lipinski definition) is 4. The van der Waals surface area contributed by atoms with Gasteiger partial charge in [0.15, 0.2) is 0 Å². The number of nitro groups is 1. The van der Waals surface area contributed by atoms with Gasteiger partial charge in [-0.1, -0.05) is 11.8 Å². The Balaban J connectivity index is 0.000000437. The number of carbonyl (C=O) groups is 1. The molecule has 17 heavy (non-hydrogen) atoms. The van der Waals surface area contributed by atoms with Crippen molar-refractivity contribution in [3.05, 3.63) is 33.9 Å². The number of benzene rings is 1. The summed E-state index contributed by atoms with van der Waals surface area (Å²) in [6, 6.07) is 3.02. The quantitative estimate of drug-likeness (QED) is 0.457. The first-order valence-corrected chi connectivity index (χ1v) is 5.29. The number of non-ortho nitro benzene ring substituents is 1. The highest BCUT2D eigenvalue weighted by atomic mass is 16.6. The summed E-state index contributed by atoms with van der Waals surface area (Å²) >= 11 is 0. The summed E-state index contributed by atoms with van der Waals surface area (Å²) in [5, 5.41) is 23.2. The lowest BCUT2D eigenvalue weighted by Gasteiger charge is -2.06. The van der Waals surface area contributed by atoms with E-state index in [1.807, 2.05) is 0 Å². The molecular formula is C11H16N2O4. The molecule has 1 rings (SSSR count).